The lowest BCUT2D eigenvalue weighted by Gasteiger charge is -2.09. The molecular formula is C20H17BrN2O3S. The first-order valence-electron chi connectivity index (χ1n) is 8.19. The van der Waals surface area contributed by atoms with Gasteiger partial charge in [0.05, 0.1) is 9.38 Å². The Balaban J connectivity index is 1.67. The molecule has 1 heterocycles. The minimum Gasteiger partial charge on any atom is -0.488 e. The van der Waals surface area contributed by atoms with Gasteiger partial charge in [-0.25, -0.2) is 0 Å². The minimum atomic E-state index is -0.362. The van der Waals surface area contributed by atoms with Crippen LogP contribution in [0, 0.1) is 6.92 Å². The molecule has 0 radical (unpaired) electrons. The molecule has 2 amide bonds. The predicted molar refractivity (Wildman–Crippen MR) is 111 cm³/mol. The van der Waals surface area contributed by atoms with Crippen molar-refractivity contribution < 1.29 is 14.3 Å². The summed E-state index contributed by atoms with van der Waals surface area (Å²) in [5.41, 5.74) is 3.14. The summed E-state index contributed by atoms with van der Waals surface area (Å²) < 4.78 is 6.65. The van der Waals surface area contributed by atoms with E-state index in [1.54, 1.807) is 6.08 Å². The summed E-state index contributed by atoms with van der Waals surface area (Å²) in [4.78, 5) is 27.3. The highest BCUT2D eigenvalue weighted by atomic mass is 79.9. The van der Waals surface area contributed by atoms with E-state index in [2.05, 4.69) is 38.4 Å². The number of aryl methyl sites for hydroxylation is 1. The van der Waals surface area contributed by atoms with Crippen molar-refractivity contribution in [1.82, 2.24) is 5.32 Å². The van der Waals surface area contributed by atoms with Crippen LogP contribution >= 0.6 is 27.7 Å². The van der Waals surface area contributed by atoms with Crippen molar-refractivity contribution in [2.24, 2.45) is 4.99 Å². The molecule has 2 aromatic rings. The summed E-state index contributed by atoms with van der Waals surface area (Å²) in [6.45, 7) is 3.90. The van der Waals surface area contributed by atoms with Gasteiger partial charge < -0.3 is 10.1 Å². The molecule has 0 bridgehead atoms. The van der Waals surface area contributed by atoms with Crippen LogP contribution < -0.4 is 10.1 Å². The third-order valence-corrected chi connectivity index (χ3v) is 5.19. The van der Waals surface area contributed by atoms with Crippen LogP contribution in [0.2, 0.25) is 0 Å². The average Bonchev–Trinajstić information content (AvgIpc) is 2.94. The molecular weight excluding hydrogens is 428 g/mol. The maximum Gasteiger partial charge on any atom is 0.286 e. The number of rotatable bonds is 4. The summed E-state index contributed by atoms with van der Waals surface area (Å²) in [5.74, 6) is 0.103. The second-order valence-electron chi connectivity index (χ2n) is 5.98. The number of aliphatic imine (C=N–C) groups is 1. The maximum absolute atomic E-state index is 11.9. The molecule has 27 heavy (non-hydrogen) atoms. The molecule has 138 valence electrons. The van der Waals surface area contributed by atoms with E-state index in [-0.39, 0.29) is 11.8 Å². The topological polar surface area (TPSA) is 67.8 Å². The minimum absolute atomic E-state index is 0.256. The highest BCUT2D eigenvalue weighted by Crippen LogP contribution is 2.31. The highest BCUT2D eigenvalue weighted by molar-refractivity contribution is 9.10. The molecule has 0 spiro atoms. The Labute approximate surface area is 170 Å². The van der Waals surface area contributed by atoms with Crippen LogP contribution in [0.15, 0.2) is 56.8 Å². The zero-order valence-corrected chi connectivity index (χ0v) is 17.2. The summed E-state index contributed by atoms with van der Waals surface area (Å²) in [5, 5.41) is 2.83. The summed E-state index contributed by atoms with van der Waals surface area (Å²) in [7, 11) is 0. The van der Waals surface area contributed by atoms with Crippen molar-refractivity contribution in [2.45, 2.75) is 20.5 Å². The highest BCUT2D eigenvalue weighted by Gasteiger charge is 2.22. The van der Waals surface area contributed by atoms with Gasteiger partial charge in [0.15, 0.2) is 5.17 Å². The number of thioether (sulfide) groups is 1. The molecule has 0 fully saturated rings. The molecule has 0 unspecified atom stereocenters. The van der Waals surface area contributed by atoms with Crippen molar-refractivity contribution >= 4 is 50.7 Å². The number of halogens is 1. The van der Waals surface area contributed by atoms with Gasteiger partial charge in [-0.1, -0.05) is 35.9 Å². The first kappa shape index (κ1) is 19.4. The summed E-state index contributed by atoms with van der Waals surface area (Å²) in [6, 6.07) is 13.8. The quantitative estimate of drug-likeness (QED) is 0.707. The van der Waals surface area contributed by atoms with Gasteiger partial charge in [0.25, 0.3) is 5.91 Å². The van der Waals surface area contributed by atoms with Crippen molar-refractivity contribution in [3.05, 3.63) is 68.5 Å². The molecule has 0 saturated carbocycles. The van der Waals surface area contributed by atoms with Gasteiger partial charge in [0.2, 0.25) is 5.91 Å². The van der Waals surface area contributed by atoms with Crippen LogP contribution in [0.5, 0.6) is 5.75 Å². The van der Waals surface area contributed by atoms with Crippen molar-refractivity contribution in [1.29, 1.82) is 0 Å². The molecule has 1 aliphatic rings. The third-order valence-electron chi connectivity index (χ3n) is 3.67. The molecule has 0 saturated heterocycles. The second-order valence-corrected chi connectivity index (χ2v) is 7.86. The number of amides is 2. The van der Waals surface area contributed by atoms with E-state index < -0.39 is 0 Å². The molecule has 0 aliphatic carbocycles. The lowest BCUT2D eigenvalue weighted by Crippen LogP contribution is -2.23. The number of hydrogen-bond acceptors (Lipinski definition) is 4. The average molecular weight is 445 g/mol. The molecule has 0 atom stereocenters. The number of nitrogens with one attached hydrogen (secondary N) is 1. The van der Waals surface area contributed by atoms with E-state index in [9.17, 15) is 9.59 Å². The number of amidine groups is 1. The van der Waals surface area contributed by atoms with Crippen LogP contribution in [0.4, 0.5) is 0 Å². The van der Waals surface area contributed by atoms with Gasteiger partial charge in [0, 0.05) is 6.92 Å². The van der Waals surface area contributed by atoms with Crippen LogP contribution in [-0.2, 0) is 16.2 Å². The molecule has 2 aromatic carbocycles. The number of carbonyl (C=O) groups is 2. The zero-order valence-electron chi connectivity index (χ0n) is 14.8. The van der Waals surface area contributed by atoms with E-state index in [1.165, 1.54) is 12.5 Å². The molecule has 0 aromatic heterocycles. The Kier molecular flexibility index (Phi) is 6.13. The lowest BCUT2D eigenvalue weighted by molar-refractivity contribution is -0.117. The molecule has 1 N–H and O–H groups in total. The van der Waals surface area contributed by atoms with Crippen molar-refractivity contribution in [3.8, 4) is 5.75 Å². The Morgan fingerprint density at radius 1 is 1.26 bits per heavy atom. The normalized spacial score (nSPS) is 15.0. The number of benzene rings is 2. The fraction of sp³-hybridized carbons (Fsp3) is 0.150. The van der Waals surface area contributed by atoms with Crippen molar-refractivity contribution in [3.63, 3.8) is 0 Å². The van der Waals surface area contributed by atoms with Gasteiger partial charge in [-0.15, -0.1) is 0 Å². The second kappa shape index (κ2) is 8.54. The fourth-order valence-corrected chi connectivity index (χ4v) is 3.70. The van der Waals surface area contributed by atoms with Crippen LogP contribution in [-0.4, -0.2) is 17.0 Å². The number of ether oxygens (including phenoxy) is 1. The lowest BCUT2D eigenvalue weighted by atomic mass is 10.1. The Hall–Kier alpha value is -2.38. The largest absolute Gasteiger partial charge is 0.488 e. The molecule has 7 heteroatoms. The van der Waals surface area contributed by atoms with Gasteiger partial charge in [-0.3, -0.25) is 9.59 Å². The van der Waals surface area contributed by atoms with Gasteiger partial charge >= 0.3 is 0 Å². The Bertz CT molecular complexity index is 952. The Morgan fingerprint density at radius 3 is 2.67 bits per heavy atom. The van der Waals surface area contributed by atoms with Gasteiger partial charge in [-0.2, -0.15) is 4.99 Å². The molecule has 3 rings (SSSR count). The van der Waals surface area contributed by atoms with E-state index in [4.69, 9.17) is 4.74 Å². The molecule has 5 nitrogen and oxygen atoms in total. The summed E-state index contributed by atoms with van der Waals surface area (Å²) in [6.07, 6.45) is 1.74. The summed E-state index contributed by atoms with van der Waals surface area (Å²) >= 11 is 4.65. The van der Waals surface area contributed by atoms with E-state index >= 15 is 0 Å². The van der Waals surface area contributed by atoms with Crippen LogP contribution in [0.3, 0.4) is 0 Å². The van der Waals surface area contributed by atoms with Crippen LogP contribution in [0.25, 0.3) is 6.08 Å². The number of hydrogen-bond donors (Lipinski definition) is 1. The standard InChI is InChI=1S/C20H17BrN2O3S/c1-12-3-5-14(6-4-12)11-26-17-8-7-15(9-16(17)21)10-18-19(25)23-20(27-18)22-13(2)24/h3-10H,11H2,1-2H3,(H,22,23,24,25)/b18-10-. The van der Waals surface area contributed by atoms with Gasteiger partial charge in [-0.05, 0) is 64.0 Å². The van der Waals surface area contributed by atoms with Gasteiger partial charge in [0.1, 0.15) is 12.4 Å². The number of carbonyl (C=O) groups excluding carboxylic acids is 2. The van der Waals surface area contributed by atoms with Crippen molar-refractivity contribution in [2.75, 3.05) is 0 Å². The van der Waals surface area contributed by atoms with E-state index in [0.717, 1.165) is 33.1 Å². The SMILES string of the molecule is CC(=O)NC1=NC(=O)/C(=C/c2ccc(OCc3ccc(C)cc3)c(Br)c2)S1. The monoisotopic (exact) mass is 444 g/mol. The maximum atomic E-state index is 11.9. The smallest absolute Gasteiger partial charge is 0.286 e. The first-order valence-corrected chi connectivity index (χ1v) is 9.80. The molecule has 1 aliphatic heterocycles. The Morgan fingerprint density at radius 2 is 2.00 bits per heavy atom. The van der Waals surface area contributed by atoms with Crippen LogP contribution in [0.1, 0.15) is 23.6 Å². The van der Waals surface area contributed by atoms with E-state index in [1.807, 2.05) is 37.3 Å². The third kappa shape index (κ3) is 5.30. The zero-order chi connectivity index (χ0) is 19.4. The van der Waals surface area contributed by atoms with E-state index in [0.29, 0.717) is 16.7 Å². The number of nitrogens with zero attached hydrogens (tertiary/aromatic N) is 1. The predicted octanol–water partition coefficient (Wildman–Crippen LogP) is 4.44. The fourth-order valence-electron chi connectivity index (χ4n) is 2.33. The first-order chi connectivity index (χ1) is 12.9.